The Morgan fingerprint density at radius 1 is 1.20 bits per heavy atom. The Hall–Kier alpha value is -1.11. The lowest BCUT2D eigenvalue weighted by Gasteiger charge is -2.27. The summed E-state index contributed by atoms with van der Waals surface area (Å²) in [5, 5.41) is 0. The molecule has 0 bridgehead atoms. The number of nitrogens with zero attached hydrogens (tertiary/aromatic N) is 1. The third kappa shape index (κ3) is 2.97. The van der Waals surface area contributed by atoms with Crippen LogP contribution in [0.5, 0.6) is 5.75 Å². The minimum absolute atomic E-state index is 0.254. The predicted molar refractivity (Wildman–Crippen MR) is 76.7 cm³/mol. The van der Waals surface area contributed by atoms with E-state index in [2.05, 4.69) is 0 Å². The summed E-state index contributed by atoms with van der Waals surface area (Å²) in [6.45, 7) is 7.80. The van der Waals surface area contributed by atoms with Gasteiger partial charge in [0, 0.05) is 13.1 Å². The van der Waals surface area contributed by atoms with Crippen molar-refractivity contribution in [1.82, 2.24) is 4.31 Å². The number of aryl methyl sites for hydroxylation is 2. The molecular weight excluding hydrogens is 278 g/mol. The van der Waals surface area contributed by atoms with Gasteiger partial charge in [0.2, 0.25) is 10.0 Å². The first-order chi connectivity index (χ1) is 9.46. The van der Waals surface area contributed by atoms with E-state index in [1.165, 1.54) is 4.31 Å². The molecule has 0 spiro atoms. The Balaban J connectivity index is 2.46. The summed E-state index contributed by atoms with van der Waals surface area (Å²) < 4.78 is 37.7. The van der Waals surface area contributed by atoms with Crippen LogP contribution in [0.15, 0.2) is 17.0 Å². The zero-order valence-electron chi connectivity index (χ0n) is 12.2. The van der Waals surface area contributed by atoms with E-state index in [0.29, 0.717) is 38.7 Å². The molecule has 20 heavy (non-hydrogen) atoms. The van der Waals surface area contributed by atoms with E-state index < -0.39 is 10.0 Å². The summed E-state index contributed by atoms with van der Waals surface area (Å²) in [5.74, 6) is 0.432. The van der Waals surface area contributed by atoms with Gasteiger partial charge in [-0.2, -0.15) is 4.31 Å². The van der Waals surface area contributed by atoms with E-state index in [-0.39, 0.29) is 4.90 Å². The molecule has 112 valence electrons. The van der Waals surface area contributed by atoms with Crippen LogP contribution >= 0.6 is 0 Å². The van der Waals surface area contributed by atoms with Crippen LogP contribution < -0.4 is 4.74 Å². The van der Waals surface area contributed by atoms with Crippen LogP contribution in [0.1, 0.15) is 18.1 Å². The van der Waals surface area contributed by atoms with Crippen LogP contribution in [-0.2, 0) is 14.8 Å². The maximum absolute atomic E-state index is 12.7. The van der Waals surface area contributed by atoms with Crippen molar-refractivity contribution in [3.63, 3.8) is 0 Å². The van der Waals surface area contributed by atoms with Gasteiger partial charge in [-0.25, -0.2) is 8.42 Å². The molecular formula is C14H21NO4S. The zero-order valence-corrected chi connectivity index (χ0v) is 13.0. The maximum Gasteiger partial charge on any atom is 0.246 e. The van der Waals surface area contributed by atoms with E-state index in [0.717, 1.165) is 11.1 Å². The van der Waals surface area contributed by atoms with Crippen molar-refractivity contribution in [2.24, 2.45) is 0 Å². The second-order valence-electron chi connectivity index (χ2n) is 4.83. The molecule has 0 amide bonds. The SMILES string of the molecule is CCOc1cc(C)c(C)cc1S(=O)(=O)N1CCOCC1. The largest absolute Gasteiger partial charge is 0.492 e. The fraction of sp³-hybridized carbons (Fsp3) is 0.571. The molecule has 1 saturated heterocycles. The van der Waals surface area contributed by atoms with Crippen LogP contribution in [0.25, 0.3) is 0 Å². The van der Waals surface area contributed by atoms with Crippen LogP contribution in [-0.4, -0.2) is 45.6 Å². The van der Waals surface area contributed by atoms with E-state index in [9.17, 15) is 8.42 Å². The number of rotatable bonds is 4. The molecule has 0 atom stereocenters. The van der Waals surface area contributed by atoms with Crippen LogP contribution in [0.2, 0.25) is 0 Å². The number of hydrogen-bond acceptors (Lipinski definition) is 4. The Kier molecular flexibility index (Phi) is 4.67. The number of benzene rings is 1. The summed E-state index contributed by atoms with van der Waals surface area (Å²) in [4.78, 5) is 0.254. The number of morpholine rings is 1. The minimum Gasteiger partial charge on any atom is -0.492 e. The van der Waals surface area contributed by atoms with Gasteiger partial charge in [-0.3, -0.25) is 0 Å². The van der Waals surface area contributed by atoms with Crippen molar-refractivity contribution < 1.29 is 17.9 Å². The average molecular weight is 299 g/mol. The topological polar surface area (TPSA) is 55.8 Å². The predicted octanol–water partition coefficient (Wildman–Crippen LogP) is 1.72. The van der Waals surface area contributed by atoms with Gasteiger partial charge >= 0.3 is 0 Å². The van der Waals surface area contributed by atoms with E-state index >= 15 is 0 Å². The van der Waals surface area contributed by atoms with Crippen molar-refractivity contribution in [3.05, 3.63) is 23.3 Å². The Morgan fingerprint density at radius 3 is 2.40 bits per heavy atom. The van der Waals surface area contributed by atoms with Gasteiger partial charge in [-0.15, -0.1) is 0 Å². The zero-order chi connectivity index (χ0) is 14.8. The molecule has 1 aliphatic heterocycles. The first-order valence-electron chi connectivity index (χ1n) is 6.78. The Labute approximate surface area is 120 Å². The lowest BCUT2D eigenvalue weighted by atomic mass is 10.1. The molecule has 0 saturated carbocycles. The van der Waals surface area contributed by atoms with Gasteiger partial charge in [0.1, 0.15) is 10.6 Å². The normalized spacial score (nSPS) is 17.1. The summed E-state index contributed by atoms with van der Waals surface area (Å²) in [5.41, 5.74) is 1.97. The molecule has 5 nitrogen and oxygen atoms in total. The number of hydrogen-bond donors (Lipinski definition) is 0. The van der Waals surface area contributed by atoms with E-state index in [1.54, 1.807) is 12.1 Å². The Bertz CT molecular complexity index is 577. The number of ether oxygens (including phenoxy) is 2. The fourth-order valence-electron chi connectivity index (χ4n) is 2.16. The molecule has 6 heteroatoms. The van der Waals surface area contributed by atoms with Crippen LogP contribution in [0, 0.1) is 13.8 Å². The van der Waals surface area contributed by atoms with Crippen LogP contribution in [0.4, 0.5) is 0 Å². The highest BCUT2D eigenvalue weighted by atomic mass is 32.2. The second-order valence-corrected chi connectivity index (χ2v) is 6.74. The highest BCUT2D eigenvalue weighted by molar-refractivity contribution is 7.89. The van der Waals surface area contributed by atoms with Crippen molar-refractivity contribution in [3.8, 4) is 5.75 Å². The van der Waals surface area contributed by atoms with Crippen molar-refractivity contribution in [2.75, 3.05) is 32.9 Å². The van der Waals surface area contributed by atoms with Crippen LogP contribution in [0.3, 0.4) is 0 Å². The molecule has 0 N–H and O–H groups in total. The summed E-state index contributed by atoms with van der Waals surface area (Å²) >= 11 is 0. The number of sulfonamides is 1. The summed E-state index contributed by atoms with van der Waals surface area (Å²) in [7, 11) is -3.53. The van der Waals surface area contributed by atoms with Crippen molar-refractivity contribution >= 4 is 10.0 Å². The Morgan fingerprint density at radius 2 is 1.80 bits per heavy atom. The fourth-order valence-corrected chi connectivity index (χ4v) is 3.76. The monoisotopic (exact) mass is 299 g/mol. The highest BCUT2D eigenvalue weighted by Crippen LogP contribution is 2.30. The third-order valence-corrected chi connectivity index (χ3v) is 5.37. The molecule has 0 radical (unpaired) electrons. The average Bonchev–Trinajstić information content (AvgIpc) is 2.43. The molecule has 1 aromatic rings. The maximum atomic E-state index is 12.7. The lowest BCUT2D eigenvalue weighted by molar-refractivity contribution is 0.0729. The standard InChI is InChI=1S/C14H21NO4S/c1-4-19-13-9-11(2)12(3)10-14(13)20(16,17)15-5-7-18-8-6-15/h9-10H,4-8H2,1-3H3. The molecule has 1 aromatic carbocycles. The highest BCUT2D eigenvalue weighted by Gasteiger charge is 2.29. The summed E-state index contributed by atoms with van der Waals surface area (Å²) in [6.07, 6.45) is 0. The van der Waals surface area contributed by atoms with Gasteiger partial charge in [-0.05, 0) is 44.0 Å². The molecule has 1 fully saturated rings. The molecule has 0 unspecified atom stereocenters. The first kappa shape index (κ1) is 15.3. The molecule has 0 aromatic heterocycles. The van der Waals surface area contributed by atoms with Gasteiger partial charge < -0.3 is 9.47 Å². The van der Waals surface area contributed by atoms with Gasteiger partial charge in [0.25, 0.3) is 0 Å². The van der Waals surface area contributed by atoms with E-state index in [4.69, 9.17) is 9.47 Å². The minimum atomic E-state index is -3.53. The lowest BCUT2D eigenvalue weighted by Crippen LogP contribution is -2.40. The second kappa shape index (κ2) is 6.11. The molecule has 1 aliphatic rings. The third-order valence-electron chi connectivity index (χ3n) is 3.45. The van der Waals surface area contributed by atoms with Gasteiger partial charge in [-0.1, -0.05) is 0 Å². The van der Waals surface area contributed by atoms with Gasteiger partial charge in [0.05, 0.1) is 19.8 Å². The summed E-state index contributed by atoms with van der Waals surface area (Å²) in [6, 6.07) is 3.50. The molecule has 0 aliphatic carbocycles. The molecule has 2 rings (SSSR count). The van der Waals surface area contributed by atoms with Gasteiger partial charge in [0.15, 0.2) is 0 Å². The molecule has 1 heterocycles. The van der Waals surface area contributed by atoms with Crippen molar-refractivity contribution in [2.45, 2.75) is 25.7 Å². The van der Waals surface area contributed by atoms with Crippen molar-refractivity contribution in [1.29, 1.82) is 0 Å². The quantitative estimate of drug-likeness (QED) is 0.849. The first-order valence-corrected chi connectivity index (χ1v) is 8.22. The smallest absolute Gasteiger partial charge is 0.246 e. The van der Waals surface area contributed by atoms with E-state index in [1.807, 2.05) is 20.8 Å².